The average molecular weight is 435 g/mol. The van der Waals surface area contributed by atoms with Crippen molar-refractivity contribution in [2.24, 2.45) is 5.92 Å². The SMILES string of the molecule is C=CCOc1c(Br)cc(/C=C/C(=O)C2C(=O)C=C(C)OC2=O)cc1OCC. The fraction of sp³-hybridized carbons (Fsp3) is 0.250. The van der Waals surface area contributed by atoms with Gasteiger partial charge in [0, 0.05) is 6.08 Å². The second-order valence-electron chi connectivity index (χ2n) is 5.61. The van der Waals surface area contributed by atoms with Crippen LogP contribution in [0.1, 0.15) is 19.4 Å². The molecule has 1 aromatic rings. The van der Waals surface area contributed by atoms with E-state index in [2.05, 4.69) is 22.5 Å². The Morgan fingerprint density at radius 1 is 1.33 bits per heavy atom. The van der Waals surface area contributed by atoms with Gasteiger partial charge in [-0.2, -0.15) is 0 Å². The van der Waals surface area contributed by atoms with E-state index in [-0.39, 0.29) is 5.76 Å². The topological polar surface area (TPSA) is 78.9 Å². The van der Waals surface area contributed by atoms with E-state index in [4.69, 9.17) is 14.2 Å². The largest absolute Gasteiger partial charge is 0.490 e. The highest BCUT2D eigenvalue weighted by Crippen LogP contribution is 2.37. The summed E-state index contributed by atoms with van der Waals surface area (Å²) in [5.41, 5.74) is 0.632. The van der Waals surface area contributed by atoms with E-state index in [1.807, 2.05) is 6.92 Å². The molecule has 0 aliphatic carbocycles. The maximum atomic E-state index is 12.3. The molecule has 1 heterocycles. The van der Waals surface area contributed by atoms with E-state index in [9.17, 15) is 14.4 Å². The minimum Gasteiger partial charge on any atom is -0.490 e. The lowest BCUT2D eigenvalue weighted by molar-refractivity contribution is -0.151. The van der Waals surface area contributed by atoms with Gasteiger partial charge in [0.2, 0.25) is 0 Å². The molecule has 0 N–H and O–H groups in total. The van der Waals surface area contributed by atoms with E-state index >= 15 is 0 Å². The number of carbonyl (C=O) groups excluding carboxylic acids is 3. The van der Waals surface area contributed by atoms with Gasteiger partial charge >= 0.3 is 5.97 Å². The highest BCUT2D eigenvalue weighted by atomic mass is 79.9. The quantitative estimate of drug-likeness (QED) is 0.269. The maximum Gasteiger partial charge on any atom is 0.329 e. The van der Waals surface area contributed by atoms with Crippen molar-refractivity contribution < 1.29 is 28.6 Å². The van der Waals surface area contributed by atoms with Crippen molar-refractivity contribution in [3.8, 4) is 11.5 Å². The second-order valence-corrected chi connectivity index (χ2v) is 6.46. The van der Waals surface area contributed by atoms with Gasteiger partial charge in [0.05, 0.1) is 11.1 Å². The third kappa shape index (κ3) is 5.17. The first-order valence-electron chi connectivity index (χ1n) is 8.23. The third-order valence-electron chi connectivity index (χ3n) is 3.53. The van der Waals surface area contributed by atoms with Gasteiger partial charge in [-0.1, -0.05) is 18.7 Å². The van der Waals surface area contributed by atoms with E-state index in [0.717, 1.165) is 6.08 Å². The molecule has 27 heavy (non-hydrogen) atoms. The number of halogens is 1. The predicted octanol–water partition coefficient (Wildman–Crippen LogP) is 3.64. The zero-order valence-electron chi connectivity index (χ0n) is 15.0. The van der Waals surface area contributed by atoms with Crippen molar-refractivity contribution >= 4 is 39.5 Å². The van der Waals surface area contributed by atoms with Gasteiger partial charge in [-0.3, -0.25) is 14.4 Å². The van der Waals surface area contributed by atoms with Gasteiger partial charge in [0.25, 0.3) is 0 Å². The van der Waals surface area contributed by atoms with Crippen molar-refractivity contribution in [3.63, 3.8) is 0 Å². The predicted molar refractivity (Wildman–Crippen MR) is 103 cm³/mol. The summed E-state index contributed by atoms with van der Waals surface area (Å²) in [5, 5.41) is 0. The minimum absolute atomic E-state index is 0.179. The number of ketones is 2. The molecule has 7 heteroatoms. The van der Waals surface area contributed by atoms with Crippen molar-refractivity contribution in [1.82, 2.24) is 0 Å². The van der Waals surface area contributed by atoms with Crippen LogP contribution in [-0.4, -0.2) is 30.7 Å². The van der Waals surface area contributed by atoms with Crippen LogP contribution in [0.4, 0.5) is 0 Å². The Morgan fingerprint density at radius 3 is 2.70 bits per heavy atom. The Hall–Kier alpha value is -2.67. The molecular formula is C20H19BrO6. The zero-order chi connectivity index (χ0) is 20.0. The molecule has 0 spiro atoms. The van der Waals surface area contributed by atoms with Crippen LogP contribution in [0, 0.1) is 5.92 Å². The highest BCUT2D eigenvalue weighted by molar-refractivity contribution is 9.10. The van der Waals surface area contributed by atoms with Crippen LogP contribution < -0.4 is 9.47 Å². The molecule has 1 aliphatic rings. The molecule has 0 radical (unpaired) electrons. The van der Waals surface area contributed by atoms with Crippen molar-refractivity contribution in [2.75, 3.05) is 13.2 Å². The first kappa shape index (κ1) is 20.6. The second kappa shape index (κ2) is 9.32. The Balaban J connectivity index is 2.25. The molecule has 0 fully saturated rings. The van der Waals surface area contributed by atoms with Crippen molar-refractivity contribution in [1.29, 1.82) is 0 Å². The Kier molecular flexibility index (Phi) is 7.12. The summed E-state index contributed by atoms with van der Waals surface area (Å²) in [6.07, 6.45) is 5.44. The lowest BCUT2D eigenvalue weighted by Crippen LogP contribution is -2.34. The van der Waals surface area contributed by atoms with Crippen LogP contribution in [0.15, 0.2) is 47.2 Å². The number of hydrogen-bond donors (Lipinski definition) is 0. The summed E-state index contributed by atoms with van der Waals surface area (Å²) in [4.78, 5) is 36.0. The highest BCUT2D eigenvalue weighted by Gasteiger charge is 2.36. The number of cyclic esters (lactones) is 1. The zero-order valence-corrected chi connectivity index (χ0v) is 16.6. The average Bonchev–Trinajstić information content (AvgIpc) is 2.58. The molecule has 2 rings (SSSR count). The van der Waals surface area contributed by atoms with E-state index in [0.29, 0.717) is 34.7 Å². The standard InChI is InChI=1S/C20H19BrO6/c1-4-8-26-19-14(21)10-13(11-17(19)25-5-2)6-7-15(22)18-16(23)9-12(3)27-20(18)24/h4,6-7,9-11,18H,1,5,8H2,2-3H3/b7-6+. The first-order chi connectivity index (χ1) is 12.9. The Bertz CT molecular complexity index is 837. The molecule has 0 bridgehead atoms. The van der Waals surface area contributed by atoms with Gasteiger partial charge in [-0.15, -0.1) is 0 Å². The summed E-state index contributed by atoms with van der Waals surface area (Å²) >= 11 is 3.41. The van der Waals surface area contributed by atoms with Crippen molar-refractivity contribution in [2.45, 2.75) is 13.8 Å². The molecule has 1 unspecified atom stereocenters. The Labute approximate surface area is 165 Å². The van der Waals surface area contributed by atoms with Gasteiger partial charge < -0.3 is 14.2 Å². The van der Waals surface area contributed by atoms with Gasteiger partial charge in [-0.25, -0.2) is 0 Å². The summed E-state index contributed by atoms with van der Waals surface area (Å²) in [7, 11) is 0. The van der Waals surface area contributed by atoms with E-state index in [1.54, 1.807) is 18.2 Å². The molecular weight excluding hydrogens is 416 g/mol. The number of hydrogen-bond acceptors (Lipinski definition) is 6. The van der Waals surface area contributed by atoms with Crippen LogP contribution in [0.3, 0.4) is 0 Å². The number of allylic oxidation sites excluding steroid dienone is 3. The lowest BCUT2D eigenvalue weighted by atomic mass is 9.96. The number of rotatable bonds is 8. The fourth-order valence-corrected chi connectivity index (χ4v) is 2.98. The maximum absolute atomic E-state index is 12.3. The molecule has 0 saturated heterocycles. The number of esters is 1. The summed E-state index contributed by atoms with van der Waals surface area (Å²) in [6.45, 7) is 7.67. The fourth-order valence-electron chi connectivity index (χ4n) is 2.41. The van der Waals surface area contributed by atoms with Crippen LogP contribution in [0.5, 0.6) is 11.5 Å². The van der Waals surface area contributed by atoms with Gasteiger partial charge in [0.15, 0.2) is 29.0 Å². The molecule has 0 aromatic heterocycles. The third-order valence-corrected chi connectivity index (χ3v) is 4.12. The number of carbonyl (C=O) groups is 3. The van der Waals surface area contributed by atoms with E-state index < -0.39 is 23.5 Å². The monoisotopic (exact) mass is 434 g/mol. The minimum atomic E-state index is -1.46. The van der Waals surface area contributed by atoms with Gasteiger partial charge in [-0.05, 0) is 53.5 Å². The summed E-state index contributed by atoms with van der Waals surface area (Å²) in [6, 6.07) is 3.43. The molecule has 142 valence electrons. The molecule has 1 aromatic carbocycles. The normalized spacial score (nSPS) is 16.7. The van der Waals surface area contributed by atoms with E-state index in [1.165, 1.54) is 19.1 Å². The van der Waals surface area contributed by atoms with Crippen LogP contribution >= 0.6 is 15.9 Å². The summed E-state index contributed by atoms with van der Waals surface area (Å²) < 4.78 is 16.7. The molecule has 6 nitrogen and oxygen atoms in total. The molecule has 0 amide bonds. The van der Waals surface area contributed by atoms with Crippen molar-refractivity contribution in [3.05, 3.63) is 52.7 Å². The Morgan fingerprint density at radius 2 is 2.07 bits per heavy atom. The number of benzene rings is 1. The van der Waals surface area contributed by atoms with Gasteiger partial charge in [0.1, 0.15) is 12.4 Å². The van der Waals surface area contributed by atoms with Crippen LogP contribution in [0.2, 0.25) is 0 Å². The number of ether oxygens (including phenoxy) is 3. The lowest BCUT2D eigenvalue weighted by Gasteiger charge is -2.16. The molecule has 1 aliphatic heterocycles. The first-order valence-corrected chi connectivity index (χ1v) is 9.02. The smallest absolute Gasteiger partial charge is 0.329 e. The summed E-state index contributed by atoms with van der Waals surface area (Å²) in [5.74, 6) is -2.36. The van der Waals surface area contributed by atoms with Crippen LogP contribution in [-0.2, 0) is 19.1 Å². The molecule has 0 saturated carbocycles. The molecule has 1 atom stereocenters. The van der Waals surface area contributed by atoms with Crippen LogP contribution in [0.25, 0.3) is 6.08 Å².